The predicted octanol–water partition coefficient (Wildman–Crippen LogP) is 1.46. The van der Waals surface area contributed by atoms with E-state index in [0.29, 0.717) is 12.1 Å². The Balaban J connectivity index is 1.80. The molecule has 0 aromatic heterocycles. The van der Waals surface area contributed by atoms with Crippen LogP contribution in [0.3, 0.4) is 0 Å². The highest BCUT2D eigenvalue weighted by Crippen LogP contribution is 2.31. The third kappa shape index (κ3) is 3.40. The summed E-state index contributed by atoms with van der Waals surface area (Å²) in [7, 11) is 0. The average Bonchev–Trinajstić information content (AvgIpc) is 2.90. The number of rotatable bonds is 5. The number of carbonyl (C=O) groups is 2. The Morgan fingerprint density at radius 3 is 2.56 bits per heavy atom. The second-order valence-corrected chi connectivity index (χ2v) is 6.46. The molecule has 0 spiro atoms. The lowest BCUT2D eigenvalue weighted by molar-refractivity contribution is -0.384. The molecule has 25 heavy (non-hydrogen) atoms. The van der Waals surface area contributed by atoms with Crippen LogP contribution in [0.4, 0.5) is 11.4 Å². The highest BCUT2D eigenvalue weighted by Gasteiger charge is 2.44. The first-order chi connectivity index (χ1) is 12.0. The molecule has 0 saturated carbocycles. The molecule has 134 valence electrons. The largest absolute Gasteiger partial charge is 0.396 e. The number of likely N-dealkylation sites (tertiary alicyclic amines) is 1. The summed E-state index contributed by atoms with van der Waals surface area (Å²) >= 11 is 0. The van der Waals surface area contributed by atoms with Crippen LogP contribution in [0.1, 0.15) is 32.1 Å². The van der Waals surface area contributed by atoms with Crippen molar-refractivity contribution in [3.05, 3.63) is 34.4 Å². The molecule has 0 aliphatic carbocycles. The second kappa shape index (κ2) is 7.28. The van der Waals surface area contributed by atoms with Crippen molar-refractivity contribution >= 4 is 23.2 Å². The van der Waals surface area contributed by atoms with Gasteiger partial charge in [-0.1, -0.05) is 6.42 Å². The molecule has 1 aromatic carbocycles. The van der Waals surface area contributed by atoms with Crippen LogP contribution >= 0.6 is 0 Å². The van der Waals surface area contributed by atoms with Crippen LogP contribution in [0, 0.1) is 10.1 Å². The van der Waals surface area contributed by atoms with Crippen LogP contribution in [0.15, 0.2) is 24.3 Å². The predicted molar refractivity (Wildman–Crippen MR) is 90.0 cm³/mol. The number of aliphatic hydroxyl groups excluding tert-OH is 1. The van der Waals surface area contributed by atoms with Gasteiger partial charge < -0.3 is 5.11 Å². The number of piperidine rings is 1. The number of carbonyl (C=O) groups excluding carboxylic acids is 2. The number of nitro benzene ring substituents is 1. The fourth-order valence-corrected chi connectivity index (χ4v) is 3.76. The molecule has 0 unspecified atom stereocenters. The standard InChI is InChI=1S/C17H21N3O5/c21-10-8-12-3-1-2-9-18(12)15-11-16(22)19(17(15)23)13-4-6-14(7-5-13)20(24)25/h4-7,12,15,21H,1-3,8-11H2/t12-,15+/m0/s1. The SMILES string of the molecule is O=C1C[C@@H](N2CCCC[C@H]2CCO)C(=O)N1c1ccc([N+](=O)[O-])cc1. The topological polar surface area (TPSA) is 104 Å². The van der Waals surface area contributed by atoms with Gasteiger partial charge in [-0.15, -0.1) is 0 Å². The van der Waals surface area contributed by atoms with Crippen molar-refractivity contribution in [1.82, 2.24) is 4.90 Å². The summed E-state index contributed by atoms with van der Waals surface area (Å²) in [5.74, 6) is -0.583. The lowest BCUT2D eigenvalue weighted by Crippen LogP contribution is -2.50. The van der Waals surface area contributed by atoms with E-state index < -0.39 is 11.0 Å². The van der Waals surface area contributed by atoms with Crippen LogP contribution < -0.4 is 4.90 Å². The van der Waals surface area contributed by atoms with E-state index in [1.165, 1.54) is 24.3 Å². The van der Waals surface area contributed by atoms with Crippen molar-refractivity contribution in [3.63, 3.8) is 0 Å². The van der Waals surface area contributed by atoms with Crippen LogP contribution in [-0.2, 0) is 9.59 Å². The first-order valence-corrected chi connectivity index (χ1v) is 8.51. The van der Waals surface area contributed by atoms with Crippen molar-refractivity contribution in [1.29, 1.82) is 0 Å². The lowest BCUT2D eigenvalue weighted by atomic mass is 9.97. The van der Waals surface area contributed by atoms with E-state index in [9.17, 15) is 24.8 Å². The number of hydrogen-bond acceptors (Lipinski definition) is 6. The van der Waals surface area contributed by atoms with Crippen molar-refractivity contribution in [2.75, 3.05) is 18.1 Å². The molecule has 2 amide bonds. The Bertz CT molecular complexity index is 673. The zero-order valence-electron chi connectivity index (χ0n) is 13.8. The molecule has 0 bridgehead atoms. The monoisotopic (exact) mass is 347 g/mol. The van der Waals surface area contributed by atoms with E-state index in [4.69, 9.17) is 0 Å². The van der Waals surface area contributed by atoms with Gasteiger partial charge in [0.05, 0.1) is 23.1 Å². The van der Waals surface area contributed by atoms with Gasteiger partial charge in [0, 0.05) is 24.8 Å². The van der Waals surface area contributed by atoms with Gasteiger partial charge in [-0.2, -0.15) is 0 Å². The lowest BCUT2D eigenvalue weighted by Gasteiger charge is -2.38. The maximum atomic E-state index is 12.9. The first kappa shape index (κ1) is 17.5. The van der Waals surface area contributed by atoms with Crippen LogP contribution in [0.25, 0.3) is 0 Å². The number of non-ortho nitro benzene ring substituents is 1. The van der Waals surface area contributed by atoms with Crippen LogP contribution in [-0.4, -0.2) is 52.0 Å². The number of imide groups is 1. The number of amides is 2. The molecule has 2 atom stereocenters. The Labute approximate surface area is 145 Å². The maximum Gasteiger partial charge on any atom is 0.269 e. The van der Waals surface area contributed by atoms with Gasteiger partial charge in [0.2, 0.25) is 5.91 Å². The summed E-state index contributed by atoms with van der Waals surface area (Å²) in [4.78, 5) is 38.7. The summed E-state index contributed by atoms with van der Waals surface area (Å²) in [6.45, 7) is 0.796. The van der Waals surface area contributed by atoms with Gasteiger partial charge >= 0.3 is 0 Å². The molecule has 2 saturated heterocycles. The van der Waals surface area contributed by atoms with Crippen molar-refractivity contribution in [2.24, 2.45) is 0 Å². The molecule has 8 nitrogen and oxygen atoms in total. The molecule has 0 radical (unpaired) electrons. The second-order valence-electron chi connectivity index (χ2n) is 6.46. The van der Waals surface area contributed by atoms with Gasteiger partial charge in [-0.25, -0.2) is 4.90 Å². The van der Waals surface area contributed by atoms with E-state index in [1.807, 2.05) is 4.90 Å². The Hall–Kier alpha value is -2.32. The molecule has 1 aromatic rings. The van der Waals surface area contributed by atoms with Crippen molar-refractivity contribution < 1.29 is 19.6 Å². The molecule has 3 rings (SSSR count). The number of hydrogen-bond donors (Lipinski definition) is 1. The minimum absolute atomic E-state index is 0.0576. The highest BCUT2D eigenvalue weighted by molar-refractivity contribution is 6.22. The fraction of sp³-hybridized carbons (Fsp3) is 0.529. The summed E-state index contributed by atoms with van der Waals surface area (Å²) < 4.78 is 0. The van der Waals surface area contributed by atoms with Gasteiger partial charge in [-0.05, 0) is 37.9 Å². The van der Waals surface area contributed by atoms with Crippen molar-refractivity contribution in [3.8, 4) is 0 Å². The van der Waals surface area contributed by atoms with Crippen molar-refractivity contribution in [2.45, 2.75) is 44.2 Å². The number of aliphatic hydroxyl groups is 1. The Morgan fingerprint density at radius 1 is 1.20 bits per heavy atom. The number of nitrogens with zero attached hydrogens (tertiary/aromatic N) is 3. The molecule has 2 fully saturated rings. The van der Waals surface area contributed by atoms with E-state index in [-0.39, 0.29) is 36.6 Å². The number of anilines is 1. The first-order valence-electron chi connectivity index (χ1n) is 8.51. The molecule has 8 heteroatoms. The molecular formula is C17H21N3O5. The third-order valence-corrected chi connectivity index (χ3v) is 4.98. The summed E-state index contributed by atoms with van der Waals surface area (Å²) in [5, 5.41) is 20.0. The zero-order chi connectivity index (χ0) is 18.0. The third-order valence-electron chi connectivity index (χ3n) is 4.98. The van der Waals surface area contributed by atoms with Gasteiger partial charge in [-0.3, -0.25) is 24.6 Å². The Morgan fingerprint density at radius 2 is 1.92 bits per heavy atom. The normalized spacial score (nSPS) is 24.8. The molecule has 2 heterocycles. The van der Waals surface area contributed by atoms with Crippen LogP contribution in [0.5, 0.6) is 0 Å². The van der Waals surface area contributed by atoms with Gasteiger partial charge in [0.25, 0.3) is 11.6 Å². The molecule has 2 aliphatic rings. The minimum atomic E-state index is -0.520. The average molecular weight is 347 g/mol. The molecule has 1 N–H and O–H groups in total. The zero-order valence-corrected chi connectivity index (χ0v) is 13.8. The maximum absolute atomic E-state index is 12.9. The van der Waals surface area contributed by atoms with E-state index in [0.717, 1.165) is 30.7 Å². The van der Waals surface area contributed by atoms with Gasteiger partial charge in [0.15, 0.2) is 0 Å². The fourth-order valence-electron chi connectivity index (χ4n) is 3.76. The van der Waals surface area contributed by atoms with E-state index >= 15 is 0 Å². The van der Waals surface area contributed by atoms with Gasteiger partial charge in [0.1, 0.15) is 0 Å². The molecular weight excluding hydrogens is 326 g/mol. The minimum Gasteiger partial charge on any atom is -0.396 e. The Kier molecular flexibility index (Phi) is 5.10. The van der Waals surface area contributed by atoms with E-state index in [2.05, 4.69) is 0 Å². The summed E-state index contributed by atoms with van der Waals surface area (Å²) in [5.41, 5.74) is 0.275. The summed E-state index contributed by atoms with van der Waals surface area (Å²) in [6.07, 6.45) is 3.64. The van der Waals surface area contributed by atoms with Crippen LogP contribution in [0.2, 0.25) is 0 Å². The smallest absolute Gasteiger partial charge is 0.269 e. The number of nitro groups is 1. The quantitative estimate of drug-likeness (QED) is 0.491. The van der Waals surface area contributed by atoms with E-state index in [1.54, 1.807) is 0 Å². The number of benzene rings is 1. The summed E-state index contributed by atoms with van der Waals surface area (Å²) in [6, 6.07) is 5.03. The highest BCUT2D eigenvalue weighted by atomic mass is 16.6. The molecule has 2 aliphatic heterocycles.